The van der Waals surface area contributed by atoms with E-state index in [9.17, 15) is 0 Å². The van der Waals surface area contributed by atoms with E-state index in [0.717, 1.165) is 13.0 Å². The van der Waals surface area contributed by atoms with Gasteiger partial charge in [-0.3, -0.25) is 0 Å². The van der Waals surface area contributed by atoms with Gasteiger partial charge in [-0.25, -0.2) is 0 Å². The molecule has 0 saturated carbocycles. The lowest BCUT2D eigenvalue weighted by Crippen LogP contribution is -2.54. The average molecular weight is 215 g/mol. The molecule has 88 valence electrons. The average Bonchev–Trinajstić information content (AvgIpc) is 2.23. The highest BCUT2D eigenvalue weighted by Crippen LogP contribution is 2.30. The van der Waals surface area contributed by atoms with E-state index in [-0.39, 0.29) is 17.8 Å². The third-order valence-corrected chi connectivity index (χ3v) is 3.03. The molecule has 1 aliphatic rings. The predicted molar refractivity (Wildman–Crippen MR) is 58.6 cm³/mol. The molecule has 3 atom stereocenters. The molecule has 0 aromatic carbocycles. The van der Waals surface area contributed by atoms with Crippen molar-refractivity contribution in [2.45, 2.75) is 44.5 Å². The molecule has 0 aromatic rings. The fourth-order valence-electron chi connectivity index (χ4n) is 1.96. The second-order valence-electron chi connectivity index (χ2n) is 4.13. The summed E-state index contributed by atoms with van der Waals surface area (Å²) in [6, 6.07) is 0. The van der Waals surface area contributed by atoms with E-state index in [1.807, 2.05) is 6.92 Å². The van der Waals surface area contributed by atoms with Gasteiger partial charge in [0.25, 0.3) is 0 Å². The molecule has 15 heavy (non-hydrogen) atoms. The Morgan fingerprint density at radius 2 is 2.33 bits per heavy atom. The van der Waals surface area contributed by atoms with E-state index in [2.05, 4.69) is 6.92 Å². The summed E-state index contributed by atoms with van der Waals surface area (Å²) in [5.41, 5.74) is -0.264. The summed E-state index contributed by atoms with van der Waals surface area (Å²) >= 11 is 0. The van der Waals surface area contributed by atoms with Crippen LogP contribution in [0.4, 0.5) is 0 Å². The first-order valence-electron chi connectivity index (χ1n) is 5.41. The van der Waals surface area contributed by atoms with Crippen LogP contribution in [0.5, 0.6) is 0 Å². The molecule has 0 aromatic heterocycles. The molecule has 1 saturated heterocycles. The third kappa shape index (κ3) is 3.00. The van der Waals surface area contributed by atoms with Crippen LogP contribution in [0, 0.1) is 5.41 Å². The lowest BCUT2D eigenvalue weighted by Gasteiger charge is -2.43. The Labute approximate surface area is 91.4 Å². The Kier molecular flexibility index (Phi) is 4.70. The lowest BCUT2D eigenvalue weighted by molar-refractivity contribution is -0.207. The second-order valence-corrected chi connectivity index (χ2v) is 4.13. The smallest absolute Gasteiger partial charge is 0.112 e. The van der Waals surface area contributed by atoms with E-state index in [1.165, 1.54) is 6.21 Å². The van der Waals surface area contributed by atoms with Gasteiger partial charge in [0, 0.05) is 26.6 Å². The van der Waals surface area contributed by atoms with Crippen molar-refractivity contribution >= 4 is 6.21 Å². The van der Waals surface area contributed by atoms with E-state index in [1.54, 1.807) is 7.11 Å². The van der Waals surface area contributed by atoms with Crippen LogP contribution in [0.15, 0.2) is 0 Å². The normalized spacial score (nSPS) is 36.5. The zero-order valence-electron chi connectivity index (χ0n) is 9.79. The number of rotatable bonds is 5. The molecule has 4 heteroatoms. The number of hydrogen-bond donors (Lipinski definition) is 1. The summed E-state index contributed by atoms with van der Waals surface area (Å²) in [5.74, 6) is 0. The zero-order valence-corrected chi connectivity index (χ0v) is 9.79. The fraction of sp³-hybridized carbons (Fsp3) is 0.909. The number of nitrogens with one attached hydrogen (secondary N) is 1. The van der Waals surface area contributed by atoms with Gasteiger partial charge in [0.1, 0.15) is 6.10 Å². The van der Waals surface area contributed by atoms with Crippen LogP contribution in [0.25, 0.3) is 0 Å². The molecule has 0 aliphatic carbocycles. The number of hydrogen-bond acceptors (Lipinski definition) is 4. The SMILES string of the molecule is CO[C@]1(C)CCO[C@@H](C)C1OCCC=N. The van der Waals surface area contributed by atoms with Crippen molar-refractivity contribution in [1.82, 2.24) is 0 Å². The monoisotopic (exact) mass is 215 g/mol. The van der Waals surface area contributed by atoms with Crippen LogP contribution >= 0.6 is 0 Å². The molecular weight excluding hydrogens is 194 g/mol. The maximum absolute atomic E-state index is 6.95. The van der Waals surface area contributed by atoms with Crippen molar-refractivity contribution in [3.63, 3.8) is 0 Å². The largest absolute Gasteiger partial charge is 0.376 e. The standard InChI is InChI=1S/C11H21NO3/c1-9-10(15-7-4-6-12)11(2,13-3)5-8-14-9/h6,9-10,12H,4-5,7-8H2,1-3H3/t9-,10?,11+/m0/s1. The minimum absolute atomic E-state index is 0.0452. The summed E-state index contributed by atoms with van der Waals surface area (Å²) in [4.78, 5) is 0. The molecule has 1 N–H and O–H groups in total. The molecule has 0 radical (unpaired) electrons. The lowest BCUT2D eigenvalue weighted by atomic mass is 9.89. The molecule has 0 amide bonds. The maximum atomic E-state index is 6.95. The molecule has 4 nitrogen and oxygen atoms in total. The Morgan fingerprint density at radius 1 is 1.60 bits per heavy atom. The molecular formula is C11H21NO3. The summed E-state index contributed by atoms with van der Waals surface area (Å²) in [6.45, 7) is 5.34. The van der Waals surface area contributed by atoms with Gasteiger partial charge in [0.05, 0.1) is 18.3 Å². The quantitative estimate of drug-likeness (QED) is 0.560. The number of methoxy groups -OCH3 is 1. The Balaban J connectivity index is 2.56. The van der Waals surface area contributed by atoms with Gasteiger partial charge in [-0.1, -0.05) is 0 Å². The molecule has 1 aliphatic heterocycles. The topological polar surface area (TPSA) is 51.5 Å². The molecule has 0 bridgehead atoms. The highest BCUT2D eigenvalue weighted by Gasteiger charge is 2.42. The summed E-state index contributed by atoms with van der Waals surface area (Å²) in [6.07, 6.45) is 2.86. The minimum atomic E-state index is -0.264. The van der Waals surface area contributed by atoms with Crippen molar-refractivity contribution in [2.24, 2.45) is 0 Å². The molecule has 1 fully saturated rings. The Bertz CT molecular complexity index is 210. The van der Waals surface area contributed by atoms with Gasteiger partial charge in [0.2, 0.25) is 0 Å². The minimum Gasteiger partial charge on any atom is -0.376 e. The van der Waals surface area contributed by atoms with Crippen molar-refractivity contribution < 1.29 is 14.2 Å². The molecule has 0 spiro atoms. The van der Waals surface area contributed by atoms with Gasteiger partial charge in [-0.15, -0.1) is 0 Å². The van der Waals surface area contributed by atoms with Gasteiger partial charge < -0.3 is 19.6 Å². The van der Waals surface area contributed by atoms with Gasteiger partial charge in [-0.05, 0) is 20.1 Å². The van der Waals surface area contributed by atoms with Crippen molar-refractivity contribution in [3.8, 4) is 0 Å². The first kappa shape index (κ1) is 12.6. The second kappa shape index (κ2) is 5.58. The third-order valence-electron chi connectivity index (χ3n) is 3.03. The maximum Gasteiger partial charge on any atom is 0.112 e. The first-order chi connectivity index (χ1) is 7.14. The Hall–Kier alpha value is -0.450. The van der Waals surface area contributed by atoms with Crippen LogP contribution in [0.3, 0.4) is 0 Å². The highest BCUT2D eigenvalue weighted by molar-refractivity contribution is 5.52. The van der Waals surface area contributed by atoms with Crippen molar-refractivity contribution in [2.75, 3.05) is 20.3 Å². The van der Waals surface area contributed by atoms with Gasteiger partial charge in [-0.2, -0.15) is 0 Å². The van der Waals surface area contributed by atoms with Crippen LogP contribution in [0.2, 0.25) is 0 Å². The van der Waals surface area contributed by atoms with Crippen LogP contribution in [-0.4, -0.2) is 44.3 Å². The summed E-state index contributed by atoms with van der Waals surface area (Å²) in [5, 5.41) is 6.95. The number of ether oxygens (including phenoxy) is 3. The van der Waals surface area contributed by atoms with E-state index in [4.69, 9.17) is 19.6 Å². The van der Waals surface area contributed by atoms with Gasteiger partial charge in [0.15, 0.2) is 0 Å². The van der Waals surface area contributed by atoms with E-state index < -0.39 is 0 Å². The van der Waals surface area contributed by atoms with E-state index >= 15 is 0 Å². The molecule has 1 heterocycles. The summed E-state index contributed by atoms with van der Waals surface area (Å²) in [7, 11) is 1.71. The van der Waals surface area contributed by atoms with Gasteiger partial charge >= 0.3 is 0 Å². The highest BCUT2D eigenvalue weighted by atomic mass is 16.6. The first-order valence-corrected chi connectivity index (χ1v) is 5.41. The van der Waals surface area contributed by atoms with Crippen molar-refractivity contribution in [3.05, 3.63) is 0 Å². The molecule has 1 unspecified atom stereocenters. The molecule has 1 rings (SSSR count). The van der Waals surface area contributed by atoms with Crippen LogP contribution in [0.1, 0.15) is 26.7 Å². The fourth-order valence-corrected chi connectivity index (χ4v) is 1.96. The predicted octanol–water partition coefficient (Wildman–Crippen LogP) is 1.63. The Morgan fingerprint density at radius 3 is 2.93 bits per heavy atom. The van der Waals surface area contributed by atoms with Crippen LogP contribution < -0.4 is 0 Å². The van der Waals surface area contributed by atoms with Crippen molar-refractivity contribution in [1.29, 1.82) is 5.41 Å². The summed E-state index contributed by atoms with van der Waals surface area (Å²) < 4.78 is 16.8. The van der Waals surface area contributed by atoms with Crippen LogP contribution in [-0.2, 0) is 14.2 Å². The van der Waals surface area contributed by atoms with E-state index in [0.29, 0.717) is 13.0 Å². The zero-order chi connectivity index (χ0) is 11.3.